The number of rotatable bonds is 4. The van der Waals surface area contributed by atoms with Gasteiger partial charge in [0, 0.05) is 6.54 Å². The van der Waals surface area contributed by atoms with Crippen LogP contribution in [0.1, 0.15) is 58.4 Å². The lowest BCUT2D eigenvalue weighted by Crippen LogP contribution is -2.54. The summed E-state index contributed by atoms with van der Waals surface area (Å²) in [5.41, 5.74) is 5.51. The van der Waals surface area contributed by atoms with E-state index in [1.165, 1.54) is 6.42 Å². The van der Waals surface area contributed by atoms with Crippen molar-refractivity contribution in [2.75, 3.05) is 0 Å². The molecule has 0 saturated heterocycles. The predicted molar refractivity (Wildman–Crippen MR) is 114 cm³/mol. The van der Waals surface area contributed by atoms with Crippen molar-refractivity contribution in [3.63, 3.8) is 0 Å². The van der Waals surface area contributed by atoms with Crippen molar-refractivity contribution in [1.82, 2.24) is 14.5 Å². The van der Waals surface area contributed by atoms with Gasteiger partial charge in [-0.3, -0.25) is 9.36 Å². The number of hydrogen-bond acceptors (Lipinski definition) is 4. The smallest absolute Gasteiger partial charge is 0.337 e. The van der Waals surface area contributed by atoms with E-state index in [-0.39, 0.29) is 0 Å². The molecule has 3 N–H and O–H groups in total. The number of primary amides is 1. The molecule has 0 aliphatic heterocycles. The van der Waals surface area contributed by atoms with Crippen molar-refractivity contribution in [1.29, 1.82) is 5.26 Å². The number of nitriles is 1. The number of aromatic nitrogens is 2. The number of carbonyl (C=O) groups excluding carboxylic acids is 2. The molecule has 0 radical (unpaired) electrons. The minimum atomic E-state index is -0.951. The Balaban J connectivity index is 2.10. The molecule has 1 fully saturated rings. The largest absolute Gasteiger partial charge is 0.368 e. The van der Waals surface area contributed by atoms with E-state index in [0.29, 0.717) is 29.1 Å². The lowest BCUT2D eigenvalue weighted by atomic mass is 9.86. The molecule has 3 rings (SSSR count). The molecule has 8 heteroatoms. The number of imidazole rings is 1. The topological polar surface area (TPSA) is 123 Å². The molecule has 1 aromatic carbocycles. The van der Waals surface area contributed by atoms with E-state index >= 15 is 0 Å². The van der Waals surface area contributed by atoms with Crippen LogP contribution in [0.3, 0.4) is 0 Å². The zero-order valence-corrected chi connectivity index (χ0v) is 17.8. The third-order valence-corrected chi connectivity index (χ3v) is 5.86. The standard InChI is InChI=1S/C22H29N5O3/c1-22(2,3)18(19(24)28)25-20(29)27-16-11-7-10-15(12-23)17(16)26(21(27)30)13-14-8-5-4-6-9-14/h7,10-11,14,18H,4-6,8-9,13H2,1-3H3,(H2,24,28)(H,25,29)/t18-/m1/s1. The molecule has 1 aromatic heterocycles. The highest BCUT2D eigenvalue weighted by molar-refractivity contribution is 5.94. The molecule has 0 unspecified atom stereocenters. The zero-order valence-electron chi connectivity index (χ0n) is 17.8. The number of nitrogens with two attached hydrogens (primary N) is 1. The minimum Gasteiger partial charge on any atom is -0.368 e. The van der Waals surface area contributed by atoms with E-state index in [0.717, 1.165) is 30.3 Å². The molecule has 2 aromatic rings. The fourth-order valence-corrected chi connectivity index (χ4v) is 4.30. The van der Waals surface area contributed by atoms with E-state index in [1.54, 1.807) is 43.5 Å². The van der Waals surface area contributed by atoms with Crippen molar-refractivity contribution >= 4 is 23.0 Å². The summed E-state index contributed by atoms with van der Waals surface area (Å²) < 4.78 is 2.56. The Morgan fingerprint density at radius 2 is 1.93 bits per heavy atom. The first-order valence-electron chi connectivity index (χ1n) is 10.4. The van der Waals surface area contributed by atoms with E-state index in [4.69, 9.17) is 5.73 Å². The highest BCUT2D eigenvalue weighted by atomic mass is 16.2. The molecule has 160 valence electrons. The molecule has 1 aliphatic rings. The lowest BCUT2D eigenvalue weighted by Gasteiger charge is -2.28. The number of nitrogens with one attached hydrogen (secondary N) is 1. The summed E-state index contributed by atoms with van der Waals surface area (Å²) in [5, 5.41) is 12.2. The average molecular weight is 412 g/mol. The maximum Gasteiger partial charge on any atom is 0.337 e. The van der Waals surface area contributed by atoms with Crippen LogP contribution < -0.4 is 16.7 Å². The quantitative estimate of drug-likeness (QED) is 0.803. The van der Waals surface area contributed by atoms with Gasteiger partial charge in [0.1, 0.15) is 12.1 Å². The molecule has 1 atom stereocenters. The Bertz CT molecular complexity index is 1060. The monoisotopic (exact) mass is 411 g/mol. The van der Waals surface area contributed by atoms with Crippen LogP contribution in [0.2, 0.25) is 0 Å². The Morgan fingerprint density at radius 1 is 1.27 bits per heavy atom. The van der Waals surface area contributed by atoms with Gasteiger partial charge in [0.25, 0.3) is 0 Å². The maximum absolute atomic E-state index is 13.3. The normalized spacial score (nSPS) is 16.2. The van der Waals surface area contributed by atoms with Gasteiger partial charge in [-0.15, -0.1) is 0 Å². The Hall–Kier alpha value is -3.08. The van der Waals surface area contributed by atoms with Crippen LogP contribution >= 0.6 is 0 Å². The number of fused-ring (bicyclic) bond motifs is 1. The van der Waals surface area contributed by atoms with Crippen LogP contribution in [-0.2, 0) is 11.3 Å². The summed E-state index contributed by atoms with van der Waals surface area (Å²) in [5.74, 6) is -0.342. The fraction of sp³-hybridized carbons (Fsp3) is 0.545. The van der Waals surface area contributed by atoms with Crippen molar-refractivity contribution in [2.45, 2.75) is 65.5 Å². The molecule has 8 nitrogen and oxygen atoms in total. The van der Waals surface area contributed by atoms with Crippen LogP contribution in [-0.4, -0.2) is 27.1 Å². The fourth-order valence-electron chi connectivity index (χ4n) is 4.30. The summed E-state index contributed by atoms with van der Waals surface area (Å²) >= 11 is 0. The average Bonchev–Trinajstić information content (AvgIpc) is 2.97. The Labute approximate surface area is 175 Å². The second-order valence-electron chi connectivity index (χ2n) is 9.17. The number of para-hydroxylation sites is 1. The van der Waals surface area contributed by atoms with Gasteiger partial charge in [-0.1, -0.05) is 46.1 Å². The van der Waals surface area contributed by atoms with Gasteiger partial charge in [0.2, 0.25) is 5.91 Å². The number of nitrogens with zero attached hydrogens (tertiary/aromatic N) is 3. The summed E-state index contributed by atoms with van der Waals surface area (Å²) in [4.78, 5) is 38.3. The lowest BCUT2D eigenvalue weighted by molar-refractivity contribution is -0.122. The predicted octanol–water partition coefficient (Wildman–Crippen LogP) is 2.71. The number of benzene rings is 1. The van der Waals surface area contributed by atoms with Crippen LogP contribution in [0, 0.1) is 22.7 Å². The summed E-state index contributed by atoms with van der Waals surface area (Å²) in [6, 6.07) is 5.39. The van der Waals surface area contributed by atoms with Gasteiger partial charge in [0.05, 0.1) is 16.6 Å². The summed E-state index contributed by atoms with van der Waals surface area (Å²) in [7, 11) is 0. The first-order chi connectivity index (χ1) is 14.1. The third kappa shape index (κ3) is 4.11. The molecule has 2 amide bonds. The van der Waals surface area contributed by atoms with Gasteiger partial charge in [-0.25, -0.2) is 14.2 Å². The number of carbonyl (C=O) groups is 2. The van der Waals surface area contributed by atoms with Crippen LogP contribution in [0.25, 0.3) is 11.0 Å². The minimum absolute atomic E-state index is 0.332. The van der Waals surface area contributed by atoms with Gasteiger partial charge in [-0.2, -0.15) is 5.26 Å². The van der Waals surface area contributed by atoms with Crippen molar-refractivity contribution in [3.8, 4) is 6.07 Å². The molecule has 1 aliphatic carbocycles. The van der Waals surface area contributed by atoms with E-state index < -0.39 is 29.1 Å². The molecule has 1 heterocycles. The first kappa shape index (κ1) is 21.6. The van der Waals surface area contributed by atoms with E-state index in [9.17, 15) is 19.6 Å². The van der Waals surface area contributed by atoms with Crippen LogP contribution in [0.5, 0.6) is 0 Å². The molecule has 0 bridgehead atoms. The second kappa shape index (κ2) is 8.34. The van der Waals surface area contributed by atoms with E-state index in [1.807, 2.05) is 0 Å². The Morgan fingerprint density at radius 3 is 2.50 bits per heavy atom. The second-order valence-corrected chi connectivity index (χ2v) is 9.17. The highest BCUT2D eigenvalue weighted by Crippen LogP contribution is 2.27. The molecular weight excluding hydrogens is 382 g/mol. The maximum atomic E-state index is 13.3. The van der Waals surface area contributed by atoms with Gasteiger partial charge >= 0.3 is 11.7 Å². The van der Waals surface area contributed by atoms with E-state index in [2.05, 4.69) is 11.4 Å². The SMILES string of the molecule is CC(C)(C)[C@H](NC(=O)n1c(=O)n(CC2CCCCC2)c2c(C#N)cccc21)C(N)=O. The van der Waals surface area contributed by atoms with Gasteiger partial charge in [0.15, 0.2) is 0 Å². The van der Waals surface area contributed by atoms with Crippen LogP contribution in [0.4, 0.5) is 4.79 Å². The van der Waals surface area contributed by atoms with Gasteiger partial charge in [-0.05, 0) is 36.3 Å². The van der Waals surface area contributed by atoms with Gasteiger partial charge < -0.3 is 11.1 Å². The molecule has 30 heavy (non-hydrogen) atoms. The highest BCUT2D eigenvalue weighted by Gasteiger charge is 2.33. The molecular formula is C22H29N5O3. The van der Waals surface area contributed by atoms with Crippen molar-refractivity contribution in [2.24, 2.45) is 17.1 Å². The van der Waals surface area contributed by atoms with Crippen molar-refractivity contribution in [3.05, 3.63) is 34.2 Å². The number of amides is 2. The first-order valence-corrected chi connectivity index (χ1v) is 10.4. The van der Waals surface area contributed by atoms with Crippen molar-refractivity contribution < 1.29 is 9.59 Å². The number of hydrogen-bond donors (Lipinski definition) is 2. The molecule has 1 saturated carbocycles. The third-order valence-electron chi connectivity index (χ3n) is 5.86. The molecule has 0 spiro atoms. The summed E-state index contributed by atoms with van der Waals surface area (Å²) in [6.07, 6.45) is 5.48. The van der Waals surface area contributed by atoms with Crippen LogP contribution in [0.15, 0.2) is 23.0 Å². The zero-order chi connectivity index (χ0) is 22.1. The Kier molecular flexibility index (Phi) is 6.01. The summed E-state index contributed by atoms with van der Waals surface area (Å²) in [6.45, 7) is 5.82.